The van der Waals surface area contributed by atoms with Crippen LogP contribution in [0.25, 0.3) is 11.1 Å². The molecule has 0 aromatic heterocycles. The van der Waals surface area contributed by atoms with Crippen LogP contribution in [0.15, 0.2) is 61.2 Å². The number of rotatable bonds is 9. The fraction of sp³-hybridized carbons (Fsp3) is 0.370. The van der Waals surface area contributed by atoms with E-state index in [1.165, 1.54) is 0 Å². The molecule has 0 bridgehead atoms. The molecule has 0 radical (unpaired) electrons. The summed E-state index contributed by atoms with van der Waals surface area (Å²) in [6.07, 6.45) is 3.27. The topological polar surface area (TPSA) is 95.9 Å². The lowest BCUT2D eigenvalue weighted by atomic mass is 9.98. The zero-order valence-electron chi connectivity index (χ0n) is 19.1. The number of benzene rings is 2. The van der Waals surface area contributed by atoms with E-state index >= 15 is 0 Å². The van der Waals surface area contributed by atoms with E-state index in [0.717, 1.165) is 28.7 Å². The van der Waals surface area contributed by atoms with Crippen molar-refractivity contribution in [2.75, 3.05) is 13.2 Å². The van der Waals surface area contributed by atoms with Gasteiger partial charge >= 0.3 is 12.1 Å². The molecule has 7 heteroatoms. The minimum atomic E-state index is -0.933. The smallest absolute Gasteiger partial charge is 0.407 e. The number of nitrogens with zero attached hydrogens (tertiary/aromatic N) is 1. The maximum Gasteiger partial charge on any atom is 0.407 e. The Bertz CT molecular complexity index is 1040. The first kappa shape index (κ1) is 23.5. The van der Waals surface area contributed by atoms with Gasteiger partial charge in [-0.2, -0.15) is 0 Å². The van der Waals surface area contributed by atoms with E-state index in [4.69, 9.17) is 4.74 Å². The summed E-state index contributed by atoms with van der Waals surface area (Å²) < 4.78 is 5.61. The molecule has 178 valence electrons. The molecule has 2 atom stereocenters. The van der Waals surface area contributed by atoms with E-state index in [-0.39, 0.29) is 30.9 Å². The molecular weight excluding hydrogens is 432 g/mol. The van der Waals surface area contributed by atoms with Crippen LogP contribution in [-0.2, 0) is 14.3 Å². The van der Waals surface area contributed by atoms with Gasteiger partial charge in [0, 0.05) is 18.5 Å². The second-order valence-electron chi connectivity index (χ2n) is 8.81. The molecular formula is C27H30N2O5. The van der Waals surface area contributed by atoms with Crippen molar-refractivity contribution in [1.82, 2.24) is 10.2 Å². The third kappa shape index (κ3) is 4.98. The summed E-state index contributed by atoms with van der Waals surface area (Å²) >= 11 is 0. The first-order valence-corrected chi connectivity index (χ1v) is 11.7. The van der Waals surface area contributed by atoms with Crippen molar-refractivity contribution in [2.45, 2.75) is 50.1 Å². The number of fused-ring (bicyclic) bond motifs is 3. The lowest BCUT2D eigenvalue weighted by molar-refractivity contribution is -0.140. The van der Waals surface area contributed by atoms with Crippen molar-refractivity contribution >= 4 is 18.0 Å². The number of amides is 2. The molecule has 7 nitrogen and oxygen atoms in total. The predicted molar refractivity (Wildman–Crippen MR) is 128 cm³/mol. The summed E-state index contributed by atoms with van der Waals surface area (Å²) in [4.78, 5) is 38.7. The molecule has 2 aromatic rings. The van der Waals surface area contributed by atoms with Crippen molar-refractivity contribution in [3.05, 3.63) is 72.3 Å². The number of hydrogen-bond donors (Lipinski definition) is 2. The molecule has 2 aliphatic rings. The monoisotopic (exact) mass is 462 g/mol. The number of carbonyl (C=O) groups excluding carboxylic acids is 2. The van der Waals surface area contributed by atoms with Crippen LogP contribution in [0.3, 0.4) is 0 Å². The Balaban J connectivity index is 1.42. The van der Waals surface area contributed by atoms with Crippen molar-refractivity contribution in [1.29, 1.82) is 0 Å². The van der Waals surface area contributed by atoms with E-state index < -0.39 is 18.1 Å². The van der Waals surface area contributed by atoms with E-state index in [1.807, 2.05) is 36.4 Å². The average Bonchev–Trinajstić information content (AvgIpc) is 3.42. The van der Waals surface area contributed by atoms with Gasteiger partial charge < -0.3 is 20.1 Å². The third-order valence-electron chi connectivity index (χ3n) is 6.66. The number of ether oxygens (including phenoxy) is 1. The maximum absolute atomic E-state index is 13.2. The Morgan fingerprint density at radius 2 is 1.76 bits per heavy atom. The molecule has 34 heavy (non-hydrogen) atoms. The third-order valence-corrected chi connectivity index (χ3v) is 6.66. The molecule has 1 heterocycles. The van der Waals surface area contributed by atoms with Gasteiger partial charge in [-0.25, -0.2) is 4.79 Å². The fourth-order valence-corrected chi connectivity index (χ4v) is 5.06. The van der Waals surface area contributed by atoms with Crippen LogP contribution in [0.2, 0.25) is 0 Å². The fourth-order valence-electron chi connectivity index (χ4n) is 5.06. The molecule has 1 saturated heterocycles. The standard InChI is InChI=1S/C27H30N2O5/c1-2-3-14-24(26(32)29-15-8-9-18(29)16-25(30)31)28-27(33)34-17-23-21-12-6-4-10-19(21)20-11-5-7-13-22(20)23/h2,4-7,10-13,18,23-24H,1,3,8-9,14-17H2,(H,28,33)(H,30,31). The number of carboxylic acid groups (broad SMARTS) is 1. The number of hydrogen-bond acceptors (Lipinski definition) is 4. The van der Waals surface area contributed by atoms with Crippen molar-refractivity contribution in [3.63, 3.8) is 0 Å². The molecule has 0 spiro atoms. The molecule has 0 saturated carbocycles. The first-order valence-electron chi connectivity index (χ1n) is 11.7. The molecule has 2 aromatic carbocycles. The van der Waals surface area contributed by atoms with Crippen molar-refractivity contribution < 1.29 is 24.2 Å². The molecule has 4 rings (SSSR count). The molecule has 2 amide bonds. The number of alkyl carbamates (subject to hydrolysis) is 1. The van der Waals surface area contributed by atoms with Crippen molar-refractivity contribution in [3.8, 4) is 11.1 Å². The zero-order valence-corrected chi connectivity index (χ0v) is 19.1. The largest absolute Gasteiger partial charge is 0.481 e. The van der Waals surface area contributed by atoms with Crippen LogP contribution in [0, 0.1) is 0 Å². The van der Waals surface area contributed by atoms with Crippen LogP contribution in [0.1, 0.15) is 49.1 Å². The van der Waals surface area contributed by atoms with Gasteiger partial charge in [0.15, 0.2) is 0 Å². The predicted octanol–water partition coefficient (Wildman–Crippen LogP) is 4.33. The molecule has 2 N–H and O–H groups in total. The zero-order chi connectivity index (χ0) is 24.1. The SMILES string of the molecule is C=CCCC(NC(=O)OCC1c2ccccc2-c2ccccc21)C(=O)N1CCCC1CC(=O)O. The van der Waals surface area contributed by atoms with Crippen LogP contribution in [-0.4, -0.2) is 53.2 Å². The van der Waals surface area contributed by atoms with E-state index in [2.05, 4.69) is 24.0 Å². The highest BCUT2D eigenvalue weighted by Crippen LogP contribution is 2.44. The van der Waals surface area contributed by atoms with Gasteiger partial charge in [0.25, 0.3) is 0 Å². The van der Waals surface area contributed by atoms with Gasteiger partial charge in [-0.3, -0.25) is 9.59 Å². The van der Waals surface area contributed by atoms with Crippen LogP contribution in [0.5, 0.6) is 0 Å². The van der Waals surface area contributed by atoms with E-state index in [0.29, 0.717) is 25.8 Å². The molecule has 1 aliphatic carbocycles. The molecule has 1 aliphatic heterocycles. The number of aliphatic carboxylic acids is 1. The highest BCUT2D eigenvalue weighted by molar-refractivity contribution is 5.86. The summed E-state index contributed by atoms with van der Waals surface area (Å²) in [6, 6.07) is 15.1. The summed E-state index contributed by atoms with van der Waals surface area (Å²) in [7, 11) is 0. The Morgan fingerprint density at radius 3 is 2.38 bits per heavy atom. The number of nitrogens with one attached hydrogen (secondary N) is 1. The Morgan fingerprint density at radius 1 is 1.12 bits per heavy atom. The number of carbonyl (C=O) groups is 3. The van der Waals surface area contributed by atoms with Crippen LogP contribution >= 0.6 is 0 Å². The van der Waals surface area contributed by atoms with Crippen molar-refractivity contribution in [2.24, 2.45) is 0 Å². The minimum absolute atomic E-state index is 0.0704. The lowest BCUT2D eigenvalue weighted by Gasteiger charge is -2.28. The number of allylic oxidation sites excluding steroid dienone is 1. The maximum atomic E-state index is 13.2. The van der Waals surface area contributed by atoms with Gasteiger partial charge in [-0.05, 0) is 47.9 Å². The lowest BCUT2D eigenvalue weighted by Crippen LogP contribution is -2.50. The Kier molecular flexibility index (Phi) is 7.30. The van der Waals surface area contributed by atoms with Gasteiger partial charge in [-0.1, -0.05) is 54.6 Å². The Labute approximate surface area is 199 Å². The number of carboxylic acids is 1. The highest BCUT2D eigenvalue weighted by Gasteiger charge is 2.35. The van der Waals surface area contributed by atoms with Crippen LogP contribution in [0.4, 0.5) is 4.79 Å². The quantitative estimate of drug-likeness (QED) is 0.541. The van der Waals surface area contributed by atoms with Gasteiger partial charge in [0.1, 0.15) is 12.6 Å². The summed E-state index contributed by atoms with van der Waals surface area (Å²) in [5.74, 6) is -1.27. The normalized spacial score (nSPS) is 17.5. The van der Waals surface area contributed by atoms with Gasteiger partial charge in [-0.15, -0.1) is 6.58 Å². The first-order chi connectivity index (χ1) is 16.5. The summed E-state index contributed by atoms with van der Waals surface area (Å²) in [6.45, 7) is 4.36. The second kappa shape index (κ2) is 10.5. The van der Waals surface area contributed by atoms with E-state index in [1.54, 1.807) is 11.0 Å². The average molecular weight is 463 g/mol. The summed E-state index contributed by atoms with van der Waals surface area (Å²) in [5, 5.41) is 11.9. The highest BCUT2D eigenvalue weighted by atomic mass is 16.5. The van der Waals surface area contributed by atoms with Crippen LogP contribution < -0.4 is 5.32 Å². The van der Waals surface area contributed by atoms with Gasteiger partial charge in [0.2, 0.25) is 5.91 Å². The Hall–Kier alpha value is -3.61. The summed E-state index contributed by atoms with van der Waals surface area (Å²) in [5.41, 5.74) is 4.52. The number of likely N-dealkylation sites (tertiary alicyclic amines) is 1. The second-order valence-corrected chi connectivity index (χ2v) is 8.81. The van der Waals surface area contributed by atoms with Gasteiger partial charge in [0.05, 0.1) is 6.42 Å². The molecule has 1 fully saturated rings. The van der Waals surface area contributed by atoms with E-state index in [9.17, 15) is 19.5 Å². The minimum Gasteiger partial charge on any atom is -0.481 e. The molecule has 2 unspecified atom stereocenters.